The fraction of sp³-hybridized carbons (Fsp3) is 0.407. The molecule has 0 unspecified atom stereocenters. The highest BCUT2D eigenvalue weighted by Crippen LogP contribution is 2.36. The number of aromatic nitrogens is 1. The molecule has 1 amide bonds. The van der Waals surface area contributed by atoms with E-state index in [0.717, 1.165) is 38.5 Å². The lowest BCUT2D eigenvalue weighted by atomic mass is 10.0. The average Bonchev–Trinajstić information content (AvgIpc) is 3.16. The molecule has 2 saturated heterocycles. The second-order valence-electron chi connectivity index (χ2n) is 9.14. The third-order valence-electron chi connectivity index (χ3n) is 6.77. The summed E-state index contributed by atoms with van der Waals surface area (Å²) in [5.74, 6) is 0.571. The quantitative estimate of drug-likeness (QED) is 0.289. The Hall–Kier alpha value is -2.97. The summed E-state index contributed by atoms with van der Waals surface area (Å²) >= 11 is 6.73. The van der Waals surface area contributed by atoms with Gasteiger partial charge < -0.3 is 9.64 Å². The van der Waals surface area contributed by atoms with Crippen LogP contribution < -0.4 is 10.5 Å². The number of carbonyl (C=O) groups is 1. The fourth-order valence-corrected chi connectivity index (χ4v) is 6.03. The smallest absolute Gasteiger partial charge is 0.270 e. The zero-order valence-electron chi connectivity index (χ0n) is 21.4. The van der Waals surface area contributed by atoms with E-state index >= 15 is 0 Å². The van der Waals surface area contributed by atoms with Crippen molar-refractivity contribution in [3.8, 4) is 6.07 Å². The summed E-state index contributed by atoms with van der Waals surface area (Å²) < 4.78 is 7.16. The van der Waals surface area contributed by atoms with Gasteiger partial charge in [-0.15, -0.1) is 0 Å². The Kier molecular flexibility index (Phi) is 8.82. The molecular formula is C27H31N5O3S2. The summed E-state index contributed by atoms with van der Waals surface area (Å²) in [5.41, 5.74) is 2.33. The van der Waals surface area contributed by atoms with E-state index in [0.29, 0.717) is 39.9 Å². The highest BCUT2D eigenvalue weighted by atomic mass is 32.2. The number of hydrogen-bond donors (Lipinski definition) is 0. The van der Waals surface area contributed by atoms with Gasteiger partial charge in [0.15, 0.2) is 0 Å². The van der Waals surface area contributed by atoms with Gasteiger partial charge in [-0.3, -0.25) is 24.0 Å². The number of hydrogen-bond acceptors (Lipinski definition) is 8. The van der Waals surface area contributed by atoms with Crippen molar-refractivity contribution in [3.63, 3.8) is 0 Å². The van der Waals surface area contributed by atoms with Crippen LogP contribution in [0.3, 0.4) is 0 Å². The van der Waals surface area contributed by atoms with E-state index in [9.17, 15) is 14.9 Å². The Morgan fingerprint density at radius 1 is 1.16 bits per heavy atom. The number of thiocarbonyl (C=S) groups is 1. The van der Waals surface area contributed by atoms with Crippen LogP contribution in [0, 0.1) is 18.3 Å². The zero-order valence-corrected chi connectivity index (χ0v) is 23.0. The molecule has 1 aromatic carbocycles. The van der Waals surface area contributed by atoms with E-state index < -0.39 is 0 Å². The van der Waals surface area contributed by atoms with Crippen LogP contribution in [0.15, 0.2) is 40.0 Å². The molecule has 0 aliphatic carbocycles. The van der Waals surface area contributed by atoms with Crippen molar-refractivity contribution < 1.29 is 9.53 Å². The van der Waals surface area contributed by atoms with Crippen molar-refractivity contribution in [1.29, 1.82) is 5.26 Å². The number of carbonyl (C=O) groups excluding carboxylic acids is 1. The van der Waals surface area contributed by atoms with Gasteiger partial charge in [-0.1, -0.05) is 54.3 Å². The van der Waals surface area contributed by atoms with Crippen LogP contribution in [0.25, 0.3) is 6.08 Å². The SMILES string of the molecule is COCCCN1C(=O)/C(=C/c2c(C)c(C#N)c(=O)n(C)c2N2CCN(Cc3ccccc3)CC2)SC1=S. The van der Waals surface area contributed by atoms with Gasteiger partial charge in [0.2, 0.25) is 0 Å². The number of methoxy groups -OCH3 is 1. The maximum Gasteiger partial charge on any atom is 0.270 e. The Morgan fingerprint density at radius 2 is 1.86 bits per heavy atom. The van der Waals surface area contributed by atoms with Crippen LogP contribution in [0.4, 0.5) is 5.82 Å². The first-order chi connectivity index (χ1) is 17.8. The first kappa shape index (κ1) is 27.1. The molecule has 2 aromatic rings. The van der Waals surface area contributed by atoms with Crippen LogP contribution in [0.1, 0.15) is 28.7 Å². The van der Waals surface area contributed by atoms with Crippen molar-refractivity contribution in [2.45, 2.75) is 19.9 Å². The van der Waals surface area contributed by atoms with E-state index in [1.54, 1.807) is 36.6 Å². The lowest BCUT2D eigenvalue weighted by Gasteiger charge is -2.37. The maximum atomic E-state index is 13.2. The van der Waals surface area contributed by atoms with E-state index in [2.05, 4.69) is 28.0 Å². The largest absolute Gasteiger partial charge is 0.385 e. The van der Waals surface area contributed by atoms with Gasteiger partial charge >= 0.3 is 0 Å². The molecule has 0 radical (unpaired) electrons. The molecule has 0 spiro atoms. The molecule has 0 N–H and O–H groups in total. The number of piperazine rings is 1. The molecule has 0 bridgehead atoms. The van der Waals surface area contributed by atoms with Crippen molar-refractivity contribution in [2.24, 2.45) is 7.05 Å². The summed E-state index contributed by atoms with van der Waals surface area (Å²) in [6.45, 7) is 6.81. The highest BCUT2D eigenvalue weighted by molar-refractivity contribution is 8.26. The number of anilines is 1. The van der Waals surface area contributed by atoms with Gasteiger partial charge in [-0.05, 0) is 30.5 Å². The number of nitrogens with zero attached hydrogens (tertiary/aromatic N) is 5. The molecule has 194 valence electrons. The summed E-state index contributed by atoms with van der Waals surface area (Å²) in [7, 11) is 3.32. The number of rotatable bonds is 8. The average molecular weight is 538 g/mol. The Morgan fingerprint density at radius 3 is 2.51 bits per heavy atom. The topological polar surface area (TPSA) is 81.8 Å². The highest BCUT2D eigenvalue weighted by Gasteiger charge is 2.33. The van der Waals surface area contributed by atoms with Crippen LogP contribution in [-0.2, 0) is 23.1 Å². The fourth-order valence-electron chi connectivity index (χ4n) is 4.74. The monoisotopic (exact) mass is 537 g/mol. The lowest BCUT2D eigenvalue weighted by molar-refractivity contribution is -0.122. The first-order valence-electron chi connectivity index (χ1n) is 12.2. The van der Waals surface area contributed by atoms with Crippen LogP contribution in [0.5, 0.6) is 0 Å². The van der Waals surface area contributed by atoms with Crippen LogP contribution in [-0.4, -0.2) is 71.0 Å². The summed E-state index contributed by atoms with van der Waals surface area (Å²) in [6.07, 6.45) is 2.49. The third-order valence-corrected chi connectivity index (χ3v) is 8.15. The van der Waals surface area contributed by atoms with Crippen molar-refractivity contribution in [3.05, 3.63) is 67.8 Å². The number of pyridine rings is 1. The molecule has 8 nitrogen and oxygen atoms in total. The number of ether oxygens (including phenoxy) is 1. The number of thioether (sulfide) groups is 1. The Balaban J connectivity index is 1.64. The minimum absolute atomic E-state index is 0.0933. The van der Waals surface area contributed by atoms with Crippen molar-refractivity contribution in [2.75, 3.05) is 51.3 Å². The third kappa shape index (κ3) is 5.80. The van der Waals surface area contributed by atoms with Crippen LogP contribution >= 0.6 is 24.0 Å². The zero-order chi connectivity index (χ0) is 26.5. The second-order valence-corrected chi connectivity index (χ2v) is 10.8. The minimum atomic E-state index is -0.328. The van der Waals surface area contributed by atoms with Gasteiger partial charge in [0.1, 0.15) is 21.8 Å². The van der Waals surface area contributed by atoms with E-state index in [4.69, 9.17) is 17.0 Å². The summed E-state index contributed by atoms with van der Waals surface area (Å²) in [5, 5.41) is 9.72. The Labute approximate surface area is 227 Å². The molecule has 0 saturated carbocycles. The molecule has 0 atom stereocenters. The number of nitriles is 1. The Bertz CT molecular complexity index is 1310. The lowest BCUT2D eigenvalue weighted by Crippen LogP contribution is -2.48. The molecule has 1 aromatic heterocycles. The van der Waals surface area contributed by atoms with Crippen molar-refractivity contribution >= 4 is 46.1 Å². The van der Waals surface area contributed by atoms with E-state index in [1.807, 2.05) is 18.2 Å². The molecule has 10 heteroatoms. The molecule has 37 heavy (non-hydrogen) atoms. The van der Waals surface area contributed by atoms with Gasteiger partial charge in [-0.25, -0.2) is 0 Å². The molecule has 4 rings (SSSR count). The number of benzene rings is 1. The molecular weight excluding hydrogens is 506 g/mol. The molecule has 2 aliphatic heterocycles. The summed E-state index contributed by atoms with van der Waals surface area (Å²) in [6, 6.07) is 12.4. The minimum Gasteiger partial charge on any atom is -0.385 e. The normalized spacial score (nSPS) is 17.6. The van der Waals surface area contributed by atoms with E-state index in [-0.39, 0.29) is 17.0 Å². The molecule has 2 fully saturated rings. The van der Waals surface area contributed by atoms with Crippen LogP contribution in [0.2, 0.25) is 0 Å². The predicted octanol–water partition coefficient (Wildman–Crippen LogP) is 3.13. The standard InChI is InChI=1S/C27H31N5O3S2/c1-19-21(16-23-26(34)32(27(36)37-23)10-7-15-35-3)24(29(2)25(33)22(19)17-28)31-13-11-30(12-14-31)18-20-8-5-4-6-9-20/h4-6,8-9,16H,7,10-15,18H2,1-3H3/b23-16-. The summed E-state index contributed by atoms with van der Waals surface area (Å²) in [4.78, 5) is 32.9. The first-order valence-corrected chi connectivity index (χ1v) is 13.5. The molecule has 2 aliphatic rings. The van der Waals surface area contributed by atoms with Gasteiger partial charge in [0.25, 0.3) is 11.5 Å². The second kappa shape index (κ2) is 12.0. The van der Waals surface area contributed by atoms with Gasteiger partial charge in [0, 0.05) is 65.6 Å². The van der Waals surface area contributed by atoms with E-state index in [1.165, 1.54) is 17.3 Å². The molecule has 3 heterocycles. The maximum absolute atomic E-state index is 13.2. The van der Waals surface area contributed by atoms with Crippen molar-refractivity contribution in [1.82, 2.24) is 14.4 Å². The van der Waals surface area contributed by atoms with Gasteiger partial charge in [0.05, 0.1) is 4.91 Å². The predicted molar refractivity (Wildman–Crippen MR) is 151 cm³/mol. The number of amides is 1. The van der Waals surface area contributed by atoms with Gasteiger partial charge in [-0.2, -0.15) is 5.26 Å².